The summed E-state index contributed by atoms with van der Waals surface area (Å²) in [7, 11) is 0. The van der Waals surface area contributed by atoms with Crippen molar-refractivity contribution in [1.29, 1.82) is 0 Å². The molecule has 0 radical (unpaired) electrons. The lowest BCUT2D eigenvalue weighted by Gasteiger charge is -2.28. The van der Waals surface area contributed by atoms with Crippen LogP contribution in [0.3, 0.4) is 0 Å². The van der Waals surface area contributed by atoms with Crippen molar-refractivity contribution < 1.29 is 14.7 Å². The molecule has 6 nitrogen and oxygen atoms in total. The van der Waals surface area contributed by atoms with Crippen LogP contribution in [-0.4, -0.2) is 38.2 Å². The molecule has 0 unspecified atom stereocenters. The first-order valence-corrected chi connectivity index (χ1v) is 9.35. The Labute approximate surface area is 170 Å². The van der Waals surface area contributed by atoms with Gasteiger partial charge in [-0.15, -0.1) is 0 Å². The number of rotatable bonds is 3. The second-order valence-corrected chi connectivity index (χ2v) is 7.27. The van der Waals surface area contributed by atoms with Crippen LogP contribution in [0, 0.1) is 0 Å². The van der Waals surface area contributed by atoms with Gasteiger partial charge in [0.25, 0.3) is 5.91 Å². The van der Waals surface area contributed by atoms with Crippen molar-refractivity contribution in [2.75, 3.05) is 6.54 Å². The van der Waals surface area contributed by atoms with Gasteiger partial charge in [0.05, 0.1) is 28.5 Å². The number of carbonyl (C=O) groups is 2. The number of amides is 1. The number of fused-ring (bicyclic) bond motifs is 1. The number of aromatic nitrogens is 2. The maximum Gasteiger partial charge on any atom is 0.356 e. The van der Waals surface area contributed by atoms with E-state index in [9.17, 15) is 14.7 Å². The molecule has 2 aromatic carbocycles. The predicted octanol–water partition coefficient (Wildman–Crippen LogP) is 4.08. The molecule has 1 N–H and O–H groups in total. The smallest absolute Gasteiger partial charge is 0.356 e. The average molecular weight is 416 g/mol. The minimum Gasteiger partial charge on any atom is -0.476 e. The Morgan fingerprint density at radius 3 is 2.50 bits per heavy atom. The number of benzene rings is 2. The Morgan fingerprint density at radius 1 is 1.07 bits per heavy atom. The molecule has 1 aliphatic heterocycles. The van der Waals surface area contributed by atoms with E-state index in [2.05, 4.69) is 5.10 Å². The van der Waals surface area contributed by atoms with E-state index in [1.165, 1.54) is 6.07 Å². The van der Waals surface area contributed by atoms with Gasteiger partial charge in [0.15, 0.2) is 5.69 Å². The van der Waals surface area contributed by atoms with Crippen LogP contribution in [0.25, 0.3) is 5.69 Å². The van der Waals surface area contributed by atoms with Gasteiger partial charge in [0.2, 0.25) is 0 Å². The fraction of sp³-hybridized carbons (Fsp3) is 0.150. The fourth-order valence-corrected chi connectivity index (χ4v) is 3.87. The Balaban J connectivity index is 1.71. The summed E-state index contributed by atoms with van der Waals surface area (Å²) in [6.07, 6.45) is 0.488. The van der Waals surface area contributed by atoms with Gasteiger partial charge in [-0.1, -0.05) is 41.4 Å². The van der Waals surface area contributed by atoms with Crippen LogP contribution in [0.2, 0.25) is 10.0 Å². The fourth-order valence-electron chi connectivity index (χ4n) is 3.38. The van der Waals surface area contributed by atoms with E-state index in [0.717, 1.165) is 11.4 Å². The zero-order valence-corrected chi connectivity index (χ0v) is 16.1. The molecular weight excluding hydrogens is 401 g/mol. The minimum absolute atomic E-state index is 0.0430. The van der Waals surface area contributed by atoms with E-state index in [-0.39, 0.29) is 23.2 Å². The molecule has 28 heavy (non-hydrogen) atoms. The van der Waals surface area contributed by atoms with Crippen molar-refractivity contribution in [1.82, 2.24) is 14.7 Å². The summed E-state index contributed by atoms with van der Waals surface area (Å²) in [5.41, 5.74) is 2.42. The molecule has 0 atom stereocenters. The number of halogens is 2. The van der Waals surface area contributed by atoms with Crippen molar-refractivity contribution >= 4 is 35.1 Å². The highest BCUT2D eigenvalue weighted by molar-refractivity contribution is 6.36. The lowest BCUT2D eigenvalue weighted by molar-refractivity contribution is 0.0674. The molecule has 1 amide bonds. The number of hydrogen-bond donors (Lipinski definition) is 1. The largest absolute Gasteiger partial charge is 0.476 e. The molecule has 0 spiro atoms. The molecule has 0 fully saturated rings. The number of nitrogens with zero attached hydrogens (tertiary/aromatic N) is 3. The maximum absolute atomic E-state index is 12.9. The summed E-state index contributed by atoms with van der Waals surface area (Å²) in [5.74, 6) is -1.39. The Morgan fingerprint density at radius 2 is 1.82 bits per heavy atom. The molecular formula is C20H15Cl2N3O3. The van der Waals surface area contributed by atoms with Crippen molar-refractivity contribution in [2.45, 2.75) is 13.0 Å². The summed E-state index contributed by atoms with van der Waals surface area (Å²) in [6, 6.07) is 14.0. The first-order chi connectivity index (χ1) is 13.5. The quantitative estimate of drug-likeness (QED) is 0.699. The highest BCUT2D eigenvalue weighted by Gasteiger charge is 2.31. The lowest BCUT2D eigenvalue weighted by atomic mass is 10.0. The highest BCUT2D eigenvalue weighted by atomic mass is 35.5. The van der Waals surface area contributed by atoms with E-state index in [0.29, 0.717) is 29.1 Å². The highest BCUT2D eigenvalue weighted by Crippen LogP contribution is 2.28. The lowest BCUT2D eigenvalue weighted by Crippen LogP contribution is -2.36. The van der Waals surface area contributed by atoms with Crippen LogP contribution in [0.1, 0.15) is 32.1 Å². The molecule has 1 aromatic heterocycles. The molecule has 142 valence electrons. The first-order valence-electron chi connectivity index (χ1n) is 8.59. The van der Waals surface area contributed by atoms with Gasteiger partial charge < -0.3 is 10.0 Å². The summed E-state index contributed by atoms with van der Waals surface area (Å²) in [4.78, 5) is 26.2. The third kappa shape index (κ3) is 3.25. The maximum atomic E-state index is 12.9. The Hall–Kier alpha value is -2.83. The molecule has 0 saturated carbocycles. The van der Waals surface area contributed by atoms with E-state index >= 15 is 0 Å². The average Bonchev–Trinajstić information content (AvgIpc) is 3.07. The normalized spacial score (nSPS) is 13.3. The number of hydrogen-bond acceptors (Lipinski definition) is 3. The topological polar surface area (TPSA) is 75.4 Å². The zero-order valence-electron chi connectivity index (χ0n) is 14.6. The molecule has 4 rings (SSSR count). The molecule has 0 aliphatic carbocycles. The van der Waals surface area contributed by atoms with Crippen molar-refractivity contribution in [2.24, 2.45) is 0 Å². The van der Waals surface area contributed by atoms with Gasteiger partial charge in [0, 0.05) is 23.6 Å². The SMILES string of the molecule is O=C(O)c1nn(-c2ccccc2)c2c1CN(C(=O)c1ccc(Cl)cc1Cl)CC2. The molecule has 0 bridgehead atoms. The van der Waals surface area contributed by atoms with E-state index in [1.807, 2.05) is 30.3 Å². The first kappa shape index (κ1) is 18.5. The van der Waals surface area contributed by atoms with E-state index < -0.39 is 5.97 Å². The van der Waals surface area contributed by atoms with Crippen LogP contribution in [-0.2, 0) is 13.0 Å². The predicted molar refractivity (Wildman–Crippen MR) is 105 cm³/mol. The molecule has 3 aromatic rings. The summed E-state index contributed by atoms with van der Waals surface area (Å²) in [6.45, 7) is 0.587. The summed E-state index contributed by atoms with van der Waals surface area (Å²) < 4.78 is 1.65. The van der Waals surface area contributed by atoms with Crippen LogP contribution in [0.15, 0.2) is 48.5 Å². The van der Waals surface area contributed by atoms with Gasteiger partial charge in [-0.2, -0.15) is 5.10 Å². The Kier molecular flexibility index (Phi) is 4.83. The number of aromatic carboxylic acids is 1. The van der Waals surface area contributed by atoms with Crippen LogP contribution in [0.5, 0.6) is 0 Å². The van der Waals surface area contributed by atoms with Crippen molar-refractivity contribution in [3.8, 4) is 5.69 Å². The number of carboxylic acid groups (broad SMARTS) is 1. The monoisotopic (exact) mass is 415 g/mol. The number of carbonyl (C=O) groups excluding carboxylic acids is 1. The van der Waals surface area contributed by atoms with Gasteiger partial charge >= 0.3 is 5.97 Å². The van der Waals surface area contributed by atoms with Crippen molar-refractivity contribution in [3.05, 3.63) is 81.1 Å². The molecule has 1 aliphatic rings. The number of carboxylic acids is 1. The van der Waals surface area contributed by atoms with Gasteiger partial charge in [-0.25, -0.2) is 9.48 Å². The molecule has 0 saturated heterocycles. The number of para-hydroxylation sites is 1. The third-order valence-corrected chi connectivity index (χ3v) is 5.26. The van der Waals surface area contributed by atoms with Crippen LogP contribution in [0.4, 0.5) is 0 Å². The van der Waals surface area contributed by atoms with Crippen LogP contribution >= 0.6 is 23.2 Å². The zero-order chi connectivity index (χ0) is 19.8. The van der Waals surface area contributed by atoms with E-state index in [1.54, 1.807) is 21.7 Å². The summed E-state index contributed by atoms with van der Waals surface area (Å²) in [5, 5.41) is 14.6. The minimum atomic E-state index is -1.12. The van der Waals surface area contributed by atoms with Gasteiger partial charge in [-0.3, -0.25) is 4.79 Å². The summed E-state index contributed by atoms with van der Waals surface area (Å²) >= 11 is 12.1. The second-order valence-electron chi connectivity index (χ2n) is 6.43. The van der Waals surface area contributed by atoms with E-state index in [4.69, 9.17) is 23.2 Å². The van der Waals surface area contributed by atoms with Crippen molar-refractivity contribution in [3.63, 3.8) is 0 Å². The molecule has 2 heterocycles. The van der Waals surface area contributed by atoms with Gasteiger partial charge in [0.1, 0.15) is 0 Å². The second kappa shape index (κ2) is 7.30. The standard InChI is InChI=1S/C20H15Cl2N3O3/c21-12-6-7-14(16(22)10-12)19(26)24-9-8-17-15(11-24)18(20(27)28)23-25(17)13-4-2-1-3-5-13/h1-7,10H,8-9,11H2,(H,27,28). The third-order valence-electron chi connectivity index (χ3n) is 4.71. The van der Waals surface area contributed by atoms with Gasteiger partial charge in [-0.05, 0) is 30.3 Å². The Bertz CT molecular complexity index is 1080. The molecule has 8 heteroatoms. The van der Waals surface area contributed by atoms with Crippen LogP contribution < -0.4 is 0 Å².